The number of ether oxygens (including phenoxy) is 3. The molecule has 6 heteroatoms. The Morgan fingerprint density at radius 2 is 1.55 bits per heavy atom. The Morgan fingerprint density at radius 1 is 0.848 bits per heavy atom. The van der Waals surface area contributed by atoms with Crippen molar-refractivity contribution >= 4 is 16.9 Å². The van der Waals surface area contributed by atoms with E-state index in [1.807, 2.05) is 6.07 Å². The third-order valence-corrected chi connectivity index (χ3v) is 5.48. The van der Waals surface area contributed by atoms with E-state index in [2.05, 4.69) is 6.92 Å². The maximum Gasteiger partial charge on any atom is 0.383 e. The molecule has 0 atom stereocenters. The number of carbonyl (C=O) groups excluding carboxylic acids is 1. The molecule has 176 valence electrons. The van der Waals surface area contributed by atoms with Gasteiger partial charge in [0.2, 0.25) is 5.75 Å². The number of esters is 1. The third-order valence-electron chi connectivity index (χ3n) is 5.48. The highest BCUT2D eigenvalue weighted by molar-refractivity contribution is 5.96. The Morgan fingerprint density at radius 3 is 2.24 bits per heavy atom. The molecule has 1 heterocycles. The Bertz CT molecular complexity index is 1090. The Kier molecular flexibility index (Phi) is 9.36. The van der Waals surface area contributed by atoms with Crippen molar-refractivity contribution in [3.8, 4) is 17.2 Å². The first-order valence-electron chi connectivity index (χ1n) is 11.7. The molecule has 3 rings (SSSR count). The van der Waals surface area contributed by atoms with Crippen molar-refractivity contribution in [2.45, 2.75) is 58.3 Å². The predicted octanol–water partition coefficient (Wildman–Crippen LogP) is 6.54. The summed E-state index contributed by atoms with van der Waals surface area (Å²) >= 11 is 0. The van der Waals surface area contributed by atoms with Gasteiger partial charge in [-0.15, -0.1) is 0 Å². The number of hydrogen-bond donors (Lipinski definition) is 0. The second kappa shape index (κ2) is 12.7. The van der Waals surface area contributed by atoms with E-state index < -0.39 is 11.6 Å². The highest BCUT2D eigenvalue weighted by atomic mass is 16.6. The van der Waals surface area contributed by atoms with Crippen LogP contribution < -0.4 is 19.8 Å². The quantitative estimate of drug-likeness (QED) is 0.166. The van der Waals surface area contributed by atoms with E-state index in [4.69, 9.17) is 18.6 Å². The van der Waals surface area contributed by atoms with Crippen molar-refractivity contribution in [2.24, 2.45) is 0 Å². The molecule has 3 aromatic rings. The molecule has 0 aliphatic rings. The van der Waals surface area contributed by atoms with E-state index in [0.29, 0.717) is 23.3 Å². The minimum absolute atomic E-state index is 0.0496. The molecule has 0 amide bonds. The first kappa shape index (κ1) is 24.4. The summed E-state index contributed by atoms with van der Waals surface area (Å²) < 4.78 is 22.3. The first-order valence-corrected chi connectivity index (χ1v) is 11.7. The topological polar surface area (TPSA) is 75.0 Å². The van der Waals surface area contributed by atoms with E-state index in [1.54, 1.807) is 42.5 Å². The van der Waals surface area contributed by atoms with Crippen LogP contribution in [0.15, 0.2) is 57.7 Å². The minimum Gasteiger partial charge on any atom is -0.493 e. The molecule has 0 saturated heterocycles. The van der Waals surface area contributed by atoms with E-state index in [9.17, 15) is 9.59 Å². The van der Waals surface area contributed by atoms with Crippen LogP contribution in [0.5, 0.6) is 17.2 Å². The molecule has 1 aromatic heterocycles. The number of unbranched alkanes of at least 4 members (excludes halogenated alkanes) is 7. The maximum atomic E-state index is 12.8. The lowest BCUT2D eigenvalue weighted by atomic mass is 10.1. The fourth-order valence-corrected chi connectivity index (χ4v) is 3.68. The zero-order valence-corrected chi connectivity index (χ0v) is 19.4. The van der Waals surface area contributed by atoms with Crippen LogP contribution in [0, 0.1) is 0 Å². The average molecular weight is 453 g/mol. The summed E-state index contributed by atoms with van der Waals surface area (Å²) in [5.74, 6) is -0.255. The number of fused-ring (bicyclic) bond motifs is 1. The predicted molar refractivity (Wildman–Crippen MR) is 129 cm³/mol. The SMILES string of the molecule is CCCCCCCCCCOc1c(OC(=O)c2ccccc2)c2cccc(OC)c2oc1=O. The largest absolute Gasteiger partial charge is 0.493 e. The van der Waals surface area contributed by atoms with Gasteiger partial charge in [-0.05, 0) is 30.7 Å². The lowest BCUT2D eigenvalue weighted by Gasteiger charge is -2.14. The number of para-hydroxylation sites is 1. The summed E-state index contributed by atoms with van der Waals surface area (Å²) in [6.45, 7) is 2.55. The van der Waals surface area contributed by atoms with Gasteiger partial charge in [0.25, 0.3) is 0 Å². The molecule has 6 nitrogen and oxygen atoms in total. The lowest BCUT2D eigenvalue weighted by molar-refractivity contribution is 0.0729. The number of carbonyl (C=O) groups is 1. The minimum atomic E-state index is -0.706. The van der Waals surface area contributed by atoms with Crippen molar-refractivity contribution < 1.29 is 23.4 Å². The molecule has 0 radical (unpaired) electrons. The molecule has 2 aromatic carbocycles. The van der Waals surface area contributed by atoms with Crippen LogP contribution in [0.1, 0.15) is 68.6 Å². The summed E-state index contributed by atoms with van der Waals surface area (Å²) in [5.41, 5.74) is -0.126. The molecular formula is C27H32O6. The highest BCUT2D eigenvalue weighted by Crippen LogP contribution is 2.37. The first-order chi connectivity index (χ1) is 16.2. The van der Waals surface area contributed by atoms with Gasteiger partial charge >= 0.3 is 11.6 Å². The summed E-state index contributed by atoms with van der Waals surface area (Å²) in [6, 6.07) is 13.7. The van der Waals surface area contributed by atoms with Crippen LogP contribution in [-0.4, -0.2) is 19.7 Å². The Balaban J connectivity index is 1.77. The second-order valence-electron chi connectivity index (χ2n) is 7.96. The molecule has 0 aliphatic carbocycles. The summed E-state index contributed by atoms with van der Waals surface area (Å²) in [7, 11) is 1.48. The molecular weight excluding hydrogens is 420 g/mol. The number of benzene rings is 2. The van der Waals surface area contributed by atoms with Gasteiger partial charge in [-0.2, -0.15) is 0 Å². The Labute approximate surface area is 194 Å². The van der Waals surface area contributed by atoms with Gasteiger partial charge in [-0.3, -0.25) is 0 Å². The fourth-order valence-electron chi connectivity index (χ4n) is 3.68. The molecule has 0 aliphatic heterocycles. The molecule has 0 saturated carbocycles. The van der Waals surface area contributed by atoms with Crippen LogP contribution in [0.2, 0.25) is 0 Å². The number of rotatable bonds is 13. The summed E-state index contributed by atoms with van der Waals surface area (Å²) in [4.78, 5) is 25.5. The summed E-state index contributed by atoms with van der Waals surface area (Å²) in [6.07, 6.45) is 9.22. The van der Waals surface area contributed by atoms with Gasteiger partial charge in [0.1, 0.15) is 0 Å². The smallest absolute Gasteiger partial charge is 0.383 e. The van der Waals surface area contributed by atoms with E-state index in [0.717, 1.165) is 19.3 Å². The molecule has 0 fully saturated rings. The third kappa shape index (κ3) is 6.60. The van der Waals surface area contributed by atoms with Crippen LogP contribution in [0.4, 0.5) is 0 Å². The van der Waals surface area contributed by atoms with E-state index in [-0.39, 0.29) is 17.1 Å². The van der Waals surface area contributed by atoms with Gasteiger partial charge < -0.3 is 18.6 Å². The lowest BCUT2D eigenvalue weighted by Crippen LogP contribution is -2.15. The monoisotopic (exact) mass is 452 g/mol. The second-order valence-corrected chi connectivity index (χ2v) is 7.96. The number of hydrogen-bond acceptors (Lipinski definition) is 6. The number of methoxy groups -OCH3 is 1. The zero-order valence-electron chi connectivity index (χ0n) is 19.4. The molecule has 0 N–H and O–H groups in total. The van der Waals surface area contributed by atoms with Crippen molar-refractivity contribution in [3.63, 3.8) is 0 Å². The highest BCUT2D eigenvalue weighted by Gasteiger charge is 2.23. The van der Waals surface area contributed by atoms with Crippen LogP contribution in [-0.2, 0) is 0 Å². The average Bonchev–Trinajstić information content (AvgIpc) is 2.84. The van der Waals surface area contributed by atoms with Crippen molar-refractivity contribution in [1.29, 1.82) is 0 Å². The fraction of sp³-hybridized carbons (Fsp3) is 0.407. The molecule has 0 bridgehead atoms. The van der Waals surface area contributed by atoms with Crippen LogP contribution >= 0.6 is 0 Å². The van der Waals surface area contributed by atoms with Gasteiger partial charge in [0.15, 0.2) is 17.1 Å². The van der Waals surface area contributed by atoms with E-state index in [1.165, 1.54) is 39.2 Å². The molecule has 33 heavy (non-hydrogen) atoms. The summed E-state index contributed by atoms with van der Waals surface area (Å²) in [5, 5.41) is 0.434. The normalized spacial score (nSPS) is 10.8. The van der Waals surface area contributed by atoms with Crippen molar-refractivity contribution in [1.82, 2.24) is 0 Å². The Hall–Kier alpha value is -3.28. The molecule has 0 unspecified atom stereocenters. The van der Waals surface area contributed by atoms with Crippen LogP contribution in [0.3, 0.4) is 0 Å². The van der Waals surface area contributed by atoms with Crippen LogP contribution in [0.25, 0.3) is 11.0 Å². The van der Waals surface area contributed by atoms with Gasteiger partial charge in [0, 0.05) is 0 Å². The van der Waals surface area contributed by atoms with Gasteiger partial charge in [0.05, 0.1) is 24.7 Å². The van der Waals surface area contributed by atoms with Crippen molar-refractivity contribution in [3.05, 3.63) is 64.5 Å². The molecule has 0 spiro atoms. The maximum absolute atomic E-state index is 12.8. The van der Waals surface area contributed by atoms with Crippen molar-refractivity contribution in [2.75, 3.05) is 13.7 Å². The standard InChI is InChI=1S/C27H32O6/c1-3-4-5-6-7-8-9-13-19-31-25-24(33-26(28)20-15-11-10-12-16-20)21-17-14-18-22(30-2)23(21)32-27(25)29/h10-12,14-18H,3-9,13,19H2,1-2H3. The van der Waals surface area contributed by atoms with Gasteiger partial charge in [-0.25, -0.2) is 9.59 Å². The van der Waals surface area contributed by atoms with Gasteiger partial charge in [-0.1, -0.05) is 76.1 Å². The zero-order chi connectivity index (χ0) is 23.5. The van der Waals surface area contributed by atoms with E-state index >= 15 is 0 Å².